The van der Waals surface area contributed by atoms with E-state index in [2.05, 4.69) is 19.9 Å². The van der Waals surface area contributed by atoms with Crippen molar-refractivity contribution in [1.82, 2.24) is 15.2 Å². The summed E-state index contributed by atoms with van der Waals surface area (Å²) in [5.41, 5.74) is 1.19. The molecule has 0 fully saturated rings. The normalized spacial score (nSPS) is 11.3. The number of pyridine rings is 1. The Morgan fingerprint density at radius 1 is 1.23 bits per heavy atom. The Morgan fingerprint density at radius 2 is 2.09 bits per heavy atom. The fraction of sp³-hybridized carbons (Fsp3) is 0. The van der Waals surface area contributed by atoms with Crippen molar-refractivity contribution in [1.29, 1.82) is 0 Å². The lowest BCUT2D eigenvalue weighted by molar-refractivity contribution is 0.603. The molecular weight excluding hydrogens is 324 g/mol. The van der Waals surface area contributed by atoms with Crippen LogP contribution in [0.2, 0.25) is 0 Å². The molecule has 0 aromatic carbocycles. The van der Waals surface area contributed by atoms with E-state index >= 15 is 0 Å². The van der Waals surface area contributed by atoms with Gasteiger partial charge in [0, 0.05) is 23.2 Å². The topological polar surface area (TPSA) is 105 Å². The lowest BCUT2D eigenvalue weighted by Crippen LogP contribution is -2.11. The standard InChI is InChI=1S/C13H10N4O3S2/c18-12-4-3-11(15-16-12)9-6-13(21-8-9)22(19,20)17-10-2-1-5-14-7-10/h1-8,17H,(H,16,18). The van der Waals surface area contributed by atoms with Crippen LogP contribution in [-0.2, 0) is 10.0 Å². The third kappa shape index (κ3) is 3.05. The fourth-order valence-electron chi connectivity index (χ4n) is 1.73. The number of hydrogen-bond donors (Lipinski definition) is 2. The fourth-order valence-corrected chi connectivity index (χ4v) is 3.94. The van der Waals surface area contributed by atoms with Crippen LogP contribution >= 0.6 is 11.3 Å². The second-order valence-corrected chi connectivity index (χ2v) is 7.13. The summed E-state index contributed by atoms with van der Waals surface area (Å²) in [7, 11) is -3.68. The Kier molecular flexibility index (Phi) is 3.73. The van der Waals surface area contributed by atoms with Crippen molar-refractivity contribution >= 4 is 27.0 Å². The molecule has 0 bridgehead atoms. The molecule has 7 nitrogen and oxygen atoms in total. The Morgan fingerprint density at radius 3 is 2.77 bits per heavy atom. The molecule has 0 atom stereocenters. The minimum atomic E-state index is -3.68. The number of aromatic nitrogens is 3. The first-order valence-corrected chi connectivity index (χ1v) is 8.48. The van der Waals surface area contributed by atoms with Crippen LogP contribution in [0.4, 0.5) is 5.69 Å². The minimum Gasteiger partial charge on any atom is -0.277 e. The van der Waals surface area contributed by atoms with E-state index in [0.717, 1.165) is 11.3 Å². The smallest absolute Gasteiger partial charge is 0.271 e. The predicted molar refractivity (Wildman–Crippen MR) is 83.2 cm³/mol. The maximum absolute atomic E-state index is 12.3. The van der Waals surface area contributed by atoms with Gasteiger partial charge in [-0.1, -0.05) is 0 Å². The van der Waals surface area contributed by atoms with Crippen LogP contribution in [0.3, 0.4) is 0 Å². The quantitative estimate of drug-likeness (QED) is 0.755. The molecule has 0 spiro atoms. The van der Waals surface area contributed by atoms with E-state index in [1.807, 2.05) is 0 Å². The van der Waals surface area contributed by atoms with Crippen molar-refractivity contribution in [3.63, 3.8) is 0 Å². The molecular formula is C13H10N4O3S2. The molecule has 0 saturated carbocycles. The molecule has 22 heavy (non-hydrogen) atoms. The molecule has 0 aliphatic heterocycles. The van der Waals surface area contributed by atoms with Crippen LogP contribution in [0.5, 0.6) is 0 Å². The van der Waals surface area contributed by atoms with E-state index in [1.165, 1.54) is 24.4 Å². The van der Waals surface area contributed by atoms with Gasteiger partial charge in [0.2, 0.25) is 0 Å². The van der Waals surface area contributed by atoms with Crippen molar-refractivity contribution in [2.45, 2.75) is 4.21 Å². The Labute approximate surface area is 129 Å². The Bertz CT molecular complexity index is 928. The van der Waals surface area contributed by atoms with Crippen LogP contribution in [0.25, 0.3) is 11.3 Å². The van der Waals surface area contributed by atoms with Gasteiger partial charge in [-0.05, 0) is 24.3 Å². The highest BCUT2D eigenvalue weighted by Crippen LogP contribution is 2.27. The summed E-state index contributed by atoms with van der Waals surface area (Å²) in [6, 6.07) is 7.63. The first kappa shape index (κ1) is 14.4. The number of sulfonamides is 1. The van der Waals surface area contributed by atoms with Crippen molar-refractivity contribution in [3.05, 3.63) is 58.5 Å². The maximum Gasteiger partial charge on any atom is 0.271 e. The molecule has 0 amide bonds. The van der Waals surface area contributed by atoms with Crippen molar-refractivity contribution < 1.29 is 8.42 Å². The summed E-state index contributed by atoms with van der Waals surface area (Å²) in [4.78, 5) is 14.8. The summed E-state index contributed by atoms with van der Waals surface area (Å²) in [5, 5.41) is 7.85. The molecule has 0 aliphatic rings. The van der Waals surface area contributed by atoms with Crippen molar-refractivity contribution in [2.75, 3.05) is 4.72 Å². The number of aromatic amines is 1. The summed E-state index contributed by atoms with van der Waals surface area (Å²) in [5.74, 6) is 0. The predicted octanol–water partition coefficient (Wildman–Crippen LogP) is 1.69. The highest BCUT2D eigenvalue weighted by molar-refractivity contribution is 7.94. The lowest BCUT2D eigenvalue weighted by atomic mass is 10.2. The van der Waals surface area contributed by atoms with Gasteiger partial charge in [0.05, 0.1) is 17.6 Å². The zero-order valence-corrected chi connectivity index (χ0v) is 12.7. The van der Waals surface area contributed by atoms with Crippen LogP contribution < -0.4 is 10.3 Å². The number of thiophene rings is 1. The van der Waals surface area contributed by atoms with Gasteiger partial charge in [-0.25, -0.2) is 13.5 Å². The molecule has 3 aromatic heterocycles. The first-order valence-electron chi connectivity index (χ1n) is 6.12. The number of hydrogen-bond acceptors (Lipinski definition) is 6. The number of nitrogens with one attached hydrogen (secondary N) is 2. The van der Waals surface area contributed by atoms with Gasteiger partial charge in [-0.15, -0.1) is 11.3 Å². The first-order chi connectivity index (χ1) is 10.5. The van der Waals surface area contributed by atoms with Gasteiger partial charge in [0.15, 0.2) is 0 Å². The molecule has 3 rings (SSSR count). The molecule has 3 heterocycles. The Hall–Kier alpha value is -2.52. The van der Waals surface area contributed by atoms with Gasteiger partial charge in [-0.3, -0.25) is 14.5 Å². The molecule has 112 valence electrons. The molecule has 0 unspecified atom stereocenters. The number of nitrogens with zero attached hydrogens (tertiary/aromatic N) is 2. The number of rotatable bonds is 4. The van der Waals surface area contributed by atoms with Crippen LogP contribution in [-0.4, -0.2) is 23.6 Å². The van der Waals surface area contributed by atoms with E-state index in [4.69, 9.17) is 0 Å². The minimum absolute atomic E-state index is 0.152. The van der Waals surface area contributed by atoms with Gasteiger partial charge in [0.1, 0.15) is 4.21 Å². The summed E-state index contributed by atoms with van der Waals surface area (Å²) < 4.78 is 27.2. The monoisotopic (exact) mass is 334 g/mol. The number of H-pyrrole nitrogens is 1. The van der Waals surface area contributed by atoms with Crippen LogP contribution in [0.15, 0.2) is 57.1 Å². The molecule has 0 radical (unpaired) electrons. The van der Waals surface area contributed by atoms with E-state index in [9.17, 15) is 13.2 Å². The highest BCUT2D eigenvalue weighted by Gasteiger charge is 2.18. The highest BCUT2D eigenvalue weighted by atomic mass is 32.2. The van der Waals surface area contributed by atoms with E-state index in [-0.39, 0.29) is 9.77 Å². The van der Waals surface area contributed by atoms with Crippen LogP contribution in [0.1, 0.15) is 0 Å². The average Bonchev–Trinajstić information content (AvgIpc) is 2.99. The largest absolute Gasteiger partial charge is 0.277 e. The second kappa shape index (κ2) is 5.70. The Balaban J connectivity index is 1.89. The van der Waals surface area contributed by atoms with E-state index in [0.29, 0.717) is 16.9 Å². The summed E-state index contributed by atoms with van der Waals surface area (Å²) in [6.07, 6.45) is 2.98. The molecule has 0 aliphatic carbocycles. The van der Waals surface area contributed by atoms with Gasteiger partial charge < -0.3 is 0 Å². The molecule has 9 heteroatoms. The average molecular weight is 334 g/mol. The zero-order chi connectivity index (χ0) is 15.6. The van der Waals surface area contributed by atoms with Crippen LogP contribution in [0, 0.1) is 0 Å². The second-order valence-electron chi connectivity index (χ2n) is 4.31. The van der Waals surface area contributed by atoms with Gasteiger partial charge in [-0.2, -0.15) is 5.10 Å². The van der Waals surface area contributed by atoms with Gasteiger partial charge >= 0.3 is 0 Å². The lowest BCUT2D eigenvalue weighted by Gasteiger charge is -2.04. The summed E-state index contributed by atoms with van der Waals surface area (Å²) in [6.45, 7) is 0. The zero-order valence-electron chi connectivity index (χ0n) is 11.1. The third-order valence-corrected chi connectivity index (χ3v) is 5.55. The molecule has 0 saturated heterocycles. The number of anilines is 1. The molecule has 3 aromatic rings. The van der Waals surface area contributed by atoms with Crippen molar-refractivity contribution in [2.24, 2.45) is 0 Å². The maximum atomic E-state index is 12.3. The van der Waals surface area contributed by atoms with E-state index in [1.54, 1.807) is 23.7 Å². The SMILES string of the molecule is O=c1ccc(-c2csc(S(=O)(=O)Nc3cccnc3)c2)n[nH]1. The van der Waals surface area contributed by atoms with E-state index < -0.39 is 10.0 Å². The third-order valence-electron chi connectivity index (χ3n) is 2.73. The van der Waals surface area contributed by atoms with Gasteiger partial charge in [0.25, 0.3) is 15.6 Å². The van der Waals surface area contributed by atoms with Crippen molar-refractivity contribution in [3.8, 4) is 11.3 Å². The molecule has 2 N–H and O–H groups in total. The summed E-state index contributed by atoms with van der Waals surface area (Å²) >= 11 is 1.07.